The topological polar surface area (TPSA) is 17.8 Å². The van der Waals surface area contributed by atoms with Crippen LogP contribution in [0.15, 0.2) is 54.6 Å². The van der Waals surface area contributed by atoms with Crippen LogP contribution in [0.5, 0.6) is 0 Å². The number of nitrogens with zero attached hydrogens (tertiary/aromatic N) is 2. The van der Waals surface area contributed by atoms with Gasteiger partial charge < -0.3 is 4.57 Å². The predicted octanol–water partition coefficient (Wildman–Crippen LogP) is 6.96. The molecule has 3 rings (SSSR count). The summed E-state index contributed by atoms with van der Waals surface area (Å²) in [5.41, 5.74) is 3.54. The summed E-state index contributed by atoms with van der Waals surface area (Å²) in [6.45, 7) is 3.32. The van der Waals surface area contributed by atoms with Gasteiger partial charge in [-0.15, -0.1) is 0 Å². The van der Waals surface area contributed by atoms with E-state index in [2.05, 4.69) is 72.2 Å². The van der Waals surface area contributed by atoms with Crippen molar-refractivity contribution in [3.05, 3.63) is 66.0 Å². The third kappa shape index (κ3) is 5.08. The van der Waals surface area contributed by atoms with Crippen molar-refractivity contribution in [3.8, 4) is 0 Å². The predicted molar refractivity (Wildman–Crippen MR) is 113 cm³/mol. The highest BCUT2D eigenvalue weighted by Gasteiger charge is 2.07. The maximum atomic E-state index is 4.84. The molecule has 0 saturated heterocycles. The molecule has 0 N–H and O–H groups in total. The lowest BCUT2D eigenvalue weighted by Crippen LogP contribution is -2.00. The number of unbranched alkanes of at least 4 members (excludes halogenated alkanes) is 6. The lowest BCUT2D eigenvalue weighted by Gasteiger charge is -2.07. The zero-order valence-electron chi connectivity index (χ0n) is 15.9. The Morgan fingerprint density at radius 2 is 1.46 bits per heavy atom. The summed E-state index contributed by atoms with van der Waals surface area (Å²) in [6, 6.07) is 18.9. The number of imidazole rings is 1. The van der Waals surface area contributed by atoms with E-state index in [1.165, 1.54) is 56.0 Å². The monoisotopic (exact) mass is 346 g/mol. The van der Waals surface area contributed by atoms with Crippen LogP contribution in [0.1, 0.15) is 63.3 Å². The van der Waals surface area contributed by atoms with Crippen LogP contribution < -0.4 is 0 Å². The minimum Gasteiger partial charge on any atom is -0.324 e. The molecule has 3 aromatic rings. The molecule has 1 heterocycles. The second-order valence-corrected chi connectivity index (χ2v) is 6.98. The number of aromatic nitrogens is 2. The maximum absolute atomic E-state index is 4.84. The second kappa shape index (κ2) is 9.96. The zero-order chi connectivity index (χ0) is 18.0. The van der Waals surface area contributed by atoms with Crippen molar-refractivity contribution in [2.75, 3.05) is 0 Å². The summed E-state index contributed by atoms with van der Waals surface area (Å²) in [5.74, 6) is 1.06. The molecule has 2 aromatic carbocycles. The molecule has 1 aromatic heterocycles. The van der Waals surface area contributed by atoms with Gasteiger partial charge in [0.25, 0.3) is 0 Å². The van der Waals surface area contributed by atoms with Gasteiger partial charge in [0.15, 0.2) is 0 Å². The fourth-order valence-corrected chi connectivity index (χ4v) is 3.42. The molecule has 0 aliphatic carbocycles. The van der Waals surface area contributed by atoms with Gasteiger partial charge in [0.1, 0.15) is 5.82 Å². The maximum Gasteiger partial charge on any atom is 0.133 e. The Morgan fingerprint density at radius 3 is 2.27 bits per heavy atom. The number of rotatable bonds is 10. The minimum atomic E-state index is 1.04. The van der Waals surface area contributed by atoms with Crippen LogP contribution >= 0.6 is 0 Å². The van der Waals surface area contributed by atoms with Crippen LogP contribution in [0.25, 0.3) is 23.2 Å². The molecular weight excluding hydrogens is 316 g/mol. The van der Waals surface area contributed by atoms with E-state index in [0.29, 0.717) is 0 Å². The highest BCUT2D eigenvalue weighted by molar-refractivity contribution is 5.79. The van der Waals surface area contributed by atoms with E-state index in [1.54, 1.807) is 0 Å². The molecule has 2 heteroatoms. The average molecular weight is 347 g/mol. The Morgan fingerprint density at radius 1 is 0.769 bits per heavy atom. The molecule has 0 aliphatic rings. The fraction of sp³-hybridized carbons (Fsp3) is 0.375. The second-order valence-electron chi connectivity index (χ2n) is 6.98. The molecule has 136 valence electrons. The largest absolute Gasteiger partial charge is 0.324 e. The first-order valence-corrected chi connectivity index (χ1v) is 10.1. The number of benzene rings is 2. The average Bonchev–Trinajstić information content (AvgIpc) is 3.04. The summed E-state index contributed by atoms with van der Waals surface area (Å²) in [6.07, 6.45) is 13.6. The third-order valence-electron chi connectivity index (χ3n) is 4.89. The van der Waals surface area contributed by atoms with Crippen LogP contribution in [0.4, 0.5) is 0 Å². The van der Waals surface area contributed by atoms with Crippen LogP contribution in [-0.2, 0) is 6.54 Å². The smallest absolute Gasteiger partial charge is 0.133 e. The molecule has 2 nitrogen and oxygen atoms in total. The first kappa shape index (κ1) is 18.4. The summed E-state index contributed by atoms with van der Waals surface area (Å²) in [7, 11) is 0. The number of hydrogen-bond donors (Lipinski definition) is 0. The zero-order valence-corrected chi connectivity index (χ0v) is 15.9. The number of aryl methyl sites for hydroxylation is 1. The van der Waals surface area contributed by atoms with Gasteiger partial charge in [-0.05, 0) is 30.2 Å². The summed E-state index contributed by atoms with van der Waals surface area (Å²) < 4.78 is 2.38. The summed E-state index contributed by atoms with van der Waals surface area (Å²) in [5, 5.41) is 0. The van der Waals surface area contributed by atoms with Gasteiger partial charge in [-0.1, -0.05) is 94.0 Å². The van der Waals surface area contributed by atoms with Gasteiger partial charge in [-0.2, -0.15) is 0 Å². The number of para-hydroxylation sites is 2. The van der Waals surface area contributed by atoms with E-state index >= 15 is 0 Å². The van der Waals surface area contributed by atoms with Crippen LogP contribution in [0.2, 0.25) is 0 Å². The first-order valence-electron chi connectivity index (χ1n) is 10.1. The SMILES string of the molecule is CCCCCCCCCn1c(/C=C/c2ccccc2)nc2ccccc21. The first-order chi connectivity index (χ1) is 12.9. The molecule has 0 spiro atoms. The van der Waals surface area contributed by atoms with Gasteiger partial charge in [-0.25, -0.2) is 4.98 Å². The third-order valence-corrected chi connectivity index (χ3v) is 4.89. The van der Waals surface area contributed by atoms with Crippen molar-refractivity contribution in [1.82, 2.24) is 9.55 Å². The lowest BCUT2D eigenvalue weighted by molar-refractivity contribution is 0.554. The van der Waals surface area contributed by atoms with Crippen molar-refractivity contribution in [2.45, 2.75) is 58.4 Å². The lowest BCUT2D eigenvalue weighted by atomic mass is 10.1. The molecular formula is C24H30N2. The van der Waals surface area contributed by atoms with Crippen LogP contribution in [0, 0.1) is 0 Å². The quantitative estimate of drug-likeness (QED) is 0.363. The number of fused-ring (bicyclic) bond motifs is 1. The highest BCUT2D eigenvalue weighted by Crippen LogP contribution is 2.19. The minimum absolute atomic E-state index is 1.04. The Bertz CT molecular complexity index is 815. The summed E-state index contributed by atoms with van der Waals surface area (Å²) in [4.78, 5) is 4.84. The van der Waals surface area contributed by atoms with Gasteiger partial charge in [0.05, 0.1) is 11.0 Å². The molecule has 0 fully saturated rings. The molecule has 26 heavy (non-hydrogen) atoms. The van der Waals surface area contributed by atoms with Crippen LogP contribution in [-0.4, -0.2) is 9.55 Å². The molecule has 0 saturated carbocycles. The van der Waals surface area contributed by atoms with E-state index in [0.717, 1.165) is 17.9 Å². The van der Waals surface area contributed by atoms with Crippen molar-refractivity contribution in [3.63, 3.8) is 0 Å². The van der Waals surface area contributed by atoms with Crippen molar-refractivity contribution in [2.24, 2.45) is 0 Å². The molecule has 0 amide bonds. The molecule has 0 aliphatic heterocycles. The van der Waals surface area contributed by atoms with Crippen molar-refractivity contribution >= 4 is 23.2 Å². The fourth-order valence-electron chi connectivity index (χ4n) is 3.42. The number of hydrogen-bond acceptors (Lipinski definition) is 1. The summed E-state index contributed by atoms with van der Waals surface area (Å²) >= 11 is 0. The van der Waals surface area contributed by atoms with Crippen molar-refractivity contribution in [1.29, 1.82) is 0 Å². The van der Waals surface area contributed by atoms with Crippen LogP contribution in [0.3, 0.4) is 0 Å². The van der Waals surface area contributed by atoms with Gasteiger partial charge in [0, 0.05) is 6.54 Å². The standard InChI is InChI=1S/C24H30N2/c1-2-3-4-5-6-7-13-20-26-23-17-12-11-16-22(23)25-24(26)19-18-21-14-9-8-10-15-21/h8-12,14-19H,2-7,13,20H2,1H3/b19-18+. The molecule has 0 bridgehead atoms. The van der Waals surface area contributed by atoms with Gasteiger partial charge in [-0.3, -0.25) is 0 Å². The van der Waals surface area contributed by atoms with Crippen molar-refractivity contribution < 1.29 is 0 Å². The van der Waals surface area contributed by atoms with Gasteiger partial charge in [0.2, 0.25) is 0 Å². The Kier molecular flexibility index (Phi) is 7.06. The van der Waals surface area contributed by atoms with E-state index in [1.807, 2.05) is 6.07 Å². The normalized spacial score (nSPS) is 11.6. The molecule has 0 radical (unpaired) electrons. The van der Waals surface area contributed by atoms with Gasteiger partial charge >= 0.3 is 0 Å². The Hall–Kier alpha value is -2.35. The Labute approximate surface area is 157 Å². The van der Waals surface area contributed by atoms with E-state index in [4.69, 9.17) is 4.98 Å². The highest BCUT2D eigenvalue weighted by atomic mass is 15.1. The Balaban J connectivity index is 1.68. The van der Waals surface area contributed by atoms with E-state index in [9.17, 15) is 0 Å². The van der Waals surface area contributed by atoms with E-state index < -0.39 is 0 Å². The molecule has 0 unspecified atom stereocenters. The molecule has 0 atom stereocenters. The van der Waals surface area contributed by atoms with E-state index in [-0.39, 0.29) is 0 Å².